The SMILES string of the molecule is CCC(c1ccccc1)N(Cc1cccc(C(=O)O)c1)S(=O)(=O)c1ccc(Cl)cc1. The van der Waals surface area contributed by atoms with Crippen LogP contribution < -0.4 is 0 Å². The molecule has 3 aromatic carbocycles. The van der Waals surface area contributed by atoms with Gasteiger partial charge in [-0.15, -0.1) is 0 Å². The van der Waals surface area contributed by atoms with Gasteiger partial charge in [-0.05, 0) is 53.9 Å². The number of halogens is 1. The van der Waals surface area contributed by atoms with Crippen molar-refractivity contribution in [1.29, 1.82) is 0 Å². The summed E-state index contributed by atoms with van der Waals surface area (Å²) in [5.74, 6) is -1.06. The third-order valence-corrected chi connectivity index (χ3v) is 6.97. The Morgan fingerprint density at radius 2 is 1.67 bits per heavy atom. The van der Waals surface area contributed by atoms with E-state index >= 15 is 0 Å². The maximum Gasteiger partial charge on any atom is 0.335 e. The van der Waals surface area contributed by atoms with Crippen LogP contribution in [0.15, 0.2) is 83.8 Å². The molecule has 0 radical (unpaired) electrons. The van der Waals surface area contributed by atoms with Crippen LogP contribution in [0.1, 0.15) is 40.9 Å². The summed E-state index contributed by atoms with van der Waals surface area (Å²) in [5.41, 5.74) is 1.58. The summed E-state index contributed by atoms with van der Waals surface area (Å²) >= 11 is 5.94. The van der Waals surface area contributed by atoms with Crippen LogP contribution in [-0.2, 0) is 16.6 Å². The van der Waals surface area contributed by atoms with Crippen molar-refractivity contribution >= 4 is 27.6 Å². The number of carboxylic acid groups (broad SMARTS) is 1. The zero-order valence-electron chi connectivity index (χ0n) is 16.4. The summed E-state index contributed by atoms with van der Waals surface area (Å²) in [7, 11) is -3.88. The van der Waals surface area contributed by atoms with Gasteiger partial charge in [-0.1, -0.05) is 61.0 Å². The summed E-state index contributed by atoms with van der Waals surface area (Å²) < 4.78 is 28.6. The Morgan fingerprint density at radius 1 is 1.00 bits per heavy atom. The van der Waals surface area contributed by atoms with Crippen LogP contribution in [-0.4, -0.2) is 23.8 Å². The Hall–Kier alpha value is -2.67. The van der Waals surface area contributed by atoms with E-state index in [9.17, 15) is 18.3 Å². The van der Waals surface area contributed by atoms with Gasteiger partial charge in [-0.3, -0.25) is 0 Å². The molecule has 3 rings (SSSR count). The van der Waals surface area contributed by atoms with Crippen LogP contribution >= 0.6 is 11.6 Å². The first-order chi connectivity index (χ1) is 14.3. The fourth-order valence-corrected chi connectivity index (χ4v) is 5.17. The number of sulfonamides is 1. The molecule has 0 fully saturated rings. The molecule has 0 aliphatic heterocycles. The number of benzene rings is 3. The van der Waals surface area contributed by atoms with E-state index in [0.29, 0.717) is 17.0 Å². The van der Waals surface area contributed by atoms with Crippen molar-refractivity contribution in [2.45, 2.75) is 30.8 Å². The third kappa shape index (κ3) is 4.90. The van der Waals surface area contributed by atoms with Crippen molar-refractivity contribution in [2.24, 2.45) is 0 Å². The van der Waals surface area contributed by atoms with E-state index in [4.69, 9.17) is 11.6 Å². The fourth-order valence-electron chi connectivity index (χ4n) is 3.37. The van der Waals surface area contributed by atoms with Crippen LogP contribution in [0.25, 0.3) is 0 Å². The standard InChI is InChI=1S/C23H22ClNO4S/c1-2-22(18-8-4-3-5-9-18)25(16-17-7-6-10-19(15-17)23(26)27)30(28,29)21-13-11-20(24)12-14-21/h3-15,22H,2,16H2,1H3,(H,26,27). The second-order valence-electron chi connectivity index (χ2n) is 6.84. The van der Waals surface area contributed by atoms with Gasteiger partial charge in [0.25, 0.3) is 0 Å². The number of carbonyl (C=O) groups is 1. The molecule has 0 aliphatic rings. The average molecular weight is 444 g/mol. The van der Waals surface area contributed by atoms with Crippen molar-refractivity contribution in [3.8, 4) is 0 Å². The molecule has 1 atom stereocenters. The molecule has 5 nitrogen and oxygen atoms in total. The number of carboxylic acids is 1. The zero-order valence-corrected chi connectivity index (χ0v) is 18.0. The molecule has 0 heterocycles. The highest BCUT2D eigenvalue weighted by Gasteiger charge is 2.32. The van der Waals surface area contributed by atoms with E-state index in [-0.39, 0.29) is 17.0 Å². The van der Waals surface area contributed by atoms with Gasteiger partial charge in [0, 0.05) is 11.6 Å². The first-order valence-corrected chi connectivity index (χ1v) is 11.3. The Morgan fingerprint density at radius 3 is 2.27 bits per heavy atom. The van der Waals surface area contributed by atoms with Crippen LogP contribution in [0, 0.1) is 0 Å². The maximum atomic E-state index is 13.6. The van der Waals surface area contributed by atoms with Gasteiger partial charge >= 0.3 is 5.97 Å². The van der Waals surface area contributed by atoms with E-state index in [1.165, 1.54) is 28.6 Å². The van der Waals surface area contributed by atoms with Gasteiger partial charge in [0.1, 0.15) is 0 Å². The molecule has 0 aromatic heterocycles. The highest BCUT2D eigenvalue weighted by molar-refractivity contribution is 7.89. The van der Waals surface area contributed by atoms with E-state index in [1.54, 1.807) is 24.3 Å². The molecule has 0 aliphatic carbocycles. The first-order valence-electron chi connectivity index (χ1n) is 9.47. The monoisotopic (exact) mass is 443 g/mol. The Kier molecular flexibility index (Phi) is 6.92. The van der Waals surface area contributed by atoms with E-state index in [2.05, 4.69) is 0 Å². The Labute approximate surface area is 181 Å². The average Bonchev–Trinajstić information content (AvgIpc) is 2.75. The summed E-state index contributed by atoms with van der Waals surface area (Å²) in [6.45, 7) is 1.97. The number of nitrogens with zero attached hydrogens (tertiary/aromatic N) is 1. The number of rotatable bonds is 8. The lowest BCUT2D eigenvalue weighted by molar-refractivity contribution is 0.0696. The lowest BCUT2D eigenvalue weighted by Gasteiger charge is -2.31. The highest BCUT2D eigenvalue weighted by Crippen LogP contribution is 2.32. The molecule has 0 saturated heterocycles. The van der Waals surface area contributed by atoms with Crippen molar-refractivity contribution < 1.29 is 18.3 Å². The summed E-state index contributed by atoms with van der Waals surface area (Å²) in [5, 5.41) is 9.75. The lowest BCUT2D eigenvalue weighted by atomic mass is 10.0. The number of hydrogen-bond donors (Lipinski definition) is 1. The molecule has 3 aromatic rings. The fraction of sp³-hybridized carbons (Fsp3) is 0.174. The Bertz CT molecular complexity index is 1120. The van der Waals surface area contributed by atoms with Gasteiger partial charge in [0.2, 0.25) is 10.0 Å². The third-order valence-electron chi connectivity index (χ3n) is 4.85. The second kappa shape index (κ2) is 9.43. The maximum absolute atomic E-state index is 13.6. The van der Waals surface area contributed by atoms with Gasteiger partial charge in [-0.25, -0.2) is 13.2 Å². The van der Waals surface area contributed by atoms with Crippen molar-refractivity contribution in [3.63, 3.8) is 0 Å². The largest absolute Gasteiger partial charge is 0.478 e. The Balaban J connectivity index is 2.09. The number of hydrogen-bond acceptors (Lipinski definition) is 3. The zero-order chi connectivity index (χ0) is 21.7. The summed E-state index contributed by atoms with van der Waals surface area (Å²) in [6, 6.07) is 21.4. The van der Waals surface area contributed by atoms with Crippen LogP contribution in [0.4, 0.5) is 0 Å². The van der Waals surface area contributed by atoms with Gasteiger partial charge in [-0.2, -0.15) is 4.31 Å². The molecule has 7 heteroatoms. The first kappa shape index (κ1) is 22.0. The van der Waals surface area contributed by atoms with Gasteiger partial charge in [0.15, 0.2) is 0 Å². The lowest BCUT2D eigenvalue weighted by Crippen LogP contribution is -2.34. The van der Waals surface area contributed by atoms with Crippen molar-refractivity contribution in [2.75, 3.05) is 0 Å². The molecule has 0 spiro atoms. The highest BCUT2D eigenvalue weighted by atomic mass is 35.5. The number of aromatic carboxylic acids is 1. The molecule has 0 saturated carbocycles. The van der Waals surface area contributed by atoms with Gasteiger partial charge < -0.3 is 5.11 Å². The molecular formula is C23H22ClNO4S. The molecule has 0 bridgehead atoms. The summed E-state index contributed by atoms with van der Waals surface area (Å²) in [4.78, 5) is 11.5. The molecule has 0 amide bonds. The van der Waals surface area contributed by atoms with Crippen molar-refractivity contribution in [1.82, 2.24) is 4.31 Å². The van der Waals surface area contributed by atoms with E-state index in [0.717, 1.165) is 5.56 Å². The minimum absolute atomic E-state index is 0.0412. The van der Waals surface area contributed by atoms with Crippen LogP contribution in [0.3, 0.4) is 0 Å². The quantitative estimate of drug-likeness (QED) is 0.507. The van der Waals surface area contributed by atoms with E-state index in [1.807, 2.05) is 37.3 Å². The summed E-state index contributed by atoms with van der Waals surface area (Å²) in [6.07, 6.45) is 0.551. The minimum Gasteiger partial charge on any atom is -0.478 e. The molecule has 30 heavy (non-hydrogen) atoms. The second-order valence-corrected chi connectivity index (χ2v) is 9.17. The van der Waals surface area contributed by atoms with E-state index < -0.39 is 22.0 Å². The predicted octanol–water partition coefficient (Wildman–Crippen LogP) is 5.38. The van der Waals surface area contributed by atoms with Crippen molar-refractivity contribution in [3.05, 3.63) is 101 Å². The predicted molar refractivity (Wildman–Crippen MR) is 117 cm³/mol. The molecule has 1 unspecified atom stereocenters. The topological polar surface area (TPSA) is 74.7 Å². The minimum atomic E-state index is -3.88. The normalized spacial score (nSPS) is 12.6. The molecule has 156 valence electrons. The van der Waals surface area contributed by atoms with Gasteiger partial charge in [0.05, 0.1) is 16.5 Å². The van der Waals surface area contributed by atoms with Crippen LogP contribution in [0.2, 0.25) is 5.02 Å². The van der Waals surface area contributed by atoms with Crippen LogP contribution in [0.5, 0.6) is 0 Å². The molecular weight excluding hydrogens is 422 g/mol. The smallest absolute Gasteiger partial charge is 0.335 e. The molecule has 1 N–H and O–H groups in total.